The fourth-order valence-electron chi connectivity index (χ4n) is 3.69. The molecular weight excluding hydrogens is 390 g/mol. The Kier molecular flexibility index (Phi) is 6.71. The van der Waals surface area contributed by atoms with Crippen molar-refractivity contribution in [2.75, 3.05) is 10.6 Å². The minimum Gasteiger partial charge on any atom is -0.393 e. The molecule has 1 aliphatic carbocycles. The Morgan fingerprint density at radius 1 is 1.27 bits per heavy atom. The van der Waals surface area contributed by atoms with E-state index in [4.69, 9.17) is 5.41 Å². The molecule has 1 aromatic carbocycles. The van der Waals surface area contributed by atoms with Crippen LogP contribution in [0.1, 0.15) is 51.3 Å². The van der Waals surface area contributed by atoms with E-state index in [1.807, 2.05) is 18.4 Å². The second-order valence-electron chi connectivity index (χ2n) is 7.77. The van der Waals surface area contributed by atoms with Crippen molar-refractivity contribution >= 4 is 23.7 Å². The first-order valence-corrected chi connectivity index (χ1v) is 10.0. The molecule has 9 heteroatoms. The minimum absolute atomic E-state index is 0.0683. The van der Waals surface area contributed by atoms with Gasteiger partial charge in [0.2, 0.25) is 5.95 Å². The molecule has 1 heterocycles. The van der Waals surface area contributed by atoms with Crippen LogP contribution in [0.3, 0.4) is 0 Å². The van der Waals surface area contributed by atoms with Crippen LogP contribution < -0.4 is 16.0 Å². The van der Waals surface area contributed by atoms with Gasteiger partial charge in [-0.1, -0.05) is 12.6 Å². The van der Waals surface area contributed by atoms with Crippen LogP contribution >= 0.6 is 0 Å². The summed E-state index contributed by atoms with van der Waals surface area (Å²) in [6.45, 7) is 7.91. The third-order valence-corrected chi connectivity index (χ3v) is 5.04. The van der Waals surface area contributed by atoms with Gasteiger partial charge in [-0.05, 0) is 51.7 Å². The van der Waals surface area contributed by atoms with Gasteiger partial charge in [0.05, 0.1) is 11.9 Å². The number of anilines is 3. The van der Waals surface area contributed by atoms with Crippen LogP contribution in [0, 0.1) is 17.0 Å². The molecule has 0 unspecified atom stereocenters. The largest absolute Gasteiger partial charge is 0.393 e. The molecule has 1 aliphatic rings. The van der Waals surface area contributed by atoms with Crippen molar-refractivity contribution in [3.63, 3.8) is 0 Å². The molecular formula is C21H28F2N6O. The van der Waals surface area contributed by atoms with E-state index in [9.17, 15) is 13.9 Å². The fourth-order valence-corrected chi connectivity index (χ4v) is 3.69. The minimum atomic E-state index is -0.736. The van der Waals surface area contributed by atoms with Crippen LogP contribution in [0.25, 0.3) is 0 Å². The zero-order valence-corrected chi connectivity index (χ0v) is 17.2. The van der Waals surface area contributed by atoms with Gasteiger partial charge in [-0.25, -0.2) is 13.8 Å². The summed E-state index contributed by atoms with van der Waals surface area (Å²) in [4.78, 5) is 4.41. The molecule has 1 aromatic heterocycles. The molecule has 2 aromatic rings. The van der Waals surface area contributed by atoms with Crippen molar-refractivity contribution in [2.45, 2.75) is 57.7 Å². The number of halogens is 2. The Labute approximate surface area is 174 Å². The van der Waals surface area contributed by atoms with Crippen molar-refractivity contribution in [1.29, 1.82) is 5.41 Å². The fraction of sp³-hybridized carbons (Fsp3) is 0.429. The molecule has 0 aliphatic heterocycles. The van der Waals surface area contributed by atoms with E-state index in [1.165, 1.54) is 18.2 Å². The monoisotopic (exact) mass is 418 g/mol. The summed E-state index contributed by atoms with van der Waals surface area (Å²) < 4.78 is 30.3. The van der Waals surface area contributed by atoms with Gasteiger partial charge in [-0.2, -0.15) is 0 Å². The van der Waals surface area contributed by atoms with Gasteiger partial charge < -0.3 is 26.5 Å². The maximum atomic E-state index is 14.2. The molecule has 0 atom stereocenters. The molecule has 7 nitrogen and oxygen atoms in total. The zero-order chi connectivity index (χ0) is 21.8. The smallest absolute Gasteiger partial charge is 0.210 e. The normalized spacial score (nSPS) is 18.9. The lowest BCUT2D eigenvalue weighted by atomic mass is 9.93. The molecule has 3 rings (SSSR count). The molecule has 162 valence electrons. The highest BCUT2D eigenvalue weighted by Crippen LogP contribution is 2.37. The van der Waals surface area contributed by atoms with E-state index in [-0.39, 0.29) is 29.8 Å². The number of nitrogens with zero attached hydrogens (tertiary/aromatic N) is 2. The van der Waals surface area contributed by atoms with Gasteiger partial charge in [0.1, 0.15) is 28.8 Å². The van der Waals surface area contributed by atoms with E-state index in [0.29, 0.717) is 43.0 Å². The zero-order valence-electron chi connectivity index (χ0n) is 17.2. The average Bonchev–Trinajstić information content (AvgIpc) is 3.02. The summed E-state index contributed by atoms with van der Waals surface area (Å²) in [6, 6.07) is 3.70. The Morgan fingerprint density at radius 2 is 1.90 bits per heavy atom. The number of rotatable bonds is 8. The predicted octanol–water partition coefficient (Wildman–Crippen LogP) is 4.26. The maximum Gasteiger partial charge on any atom is 0.210 e. The lowest BCUT2D eigenvalue weighted by Gasteiger charge is -2.29. The Balaban J connectivity index is 2.04. The van der Waals surface area contributed by atoms with Crippen LogP contribution in [-0.2, 0) is 0 Å². The highest BCUT2D eigenvalue weighted by molar-refractivity contribution is 5.84. The Morgan fingerprint density at radius 3 is 2.47 bits per heavy atom. The molecule has 1 saturated carbocycles. The number of benzene rings is 1. The molecule has 30 heavy (non-hydrogen) atoms. The first kappa shape index (κ1) is 21.8. The third kappa shape index (κ3) is 4.79. The number of para-hydroxylation sites is 1. The third-order valence-electron chi connectivity index (χ3n) is 5.04. The first-order valence-electron chi connectivity index (χ1n) is 10.0. The SMILES string of the molecule is C=C(Nc1c(C=N)nc(Nc2c(F)cccc2F)n1C1CCC(O)CC1)NC(C)C. The highest BCUT2D eigenvalue weighted by Gasteiger charge is 2.28. The van der Waals surface area contributed by atoms with Crippen LogP contribution in [0.4, 0.5) is 26.2 Å². The Hall–Kier alpha value is -2.94. The summed E-state index contributed by atoms with van der Waals surface area (Å²) in [5, 5.41) is 26.8. The predicted molar refractivity (Wildman–Crippen MR) is 114 cm³/mol. The van der Waals surface area contributed by atoms with Crippen molar-refractivity contribution in [3.8, 4) is 0 Å². The number of hydrogen-bond donors (Lipinski definition) is 5. The van der Waals surface area contributed by atoms with Crippen LogP contribution in [-0.4, -0.2) is 33.0 Å². The van der Waals surface area contributed by atoms with Gasteiger partial charge in [0.15, 0.2) is 0 Å². The van der Waals surface area contributed by atoms with Crippen LogP contribution in [0.5, 0.6) is 0 Å². The first-order chi connectivity index (χ1) is 14.3. The van der Waals surface area contributed by atoms with Crippen molar-refractivity contribution in [2.24, 2.45) is 0 Å². The van der Waals surface area contributed by atoms with Gasteiger partial charge in [0.25, 0.3) is 0 Å². The summed E-state index contributed by atoms with van der Waals surface area (Å²) >= 11 is 0. The summed E-state index contributed by atoms with van der Waals surface area (Å²) in [7, 11) is 0. The summed E-state index contributed by atoms with van der Waals surface area (Å²) in [6.07, 6.45) is 3.29. The lowest BCUT2D eigenvalue weighted by Crippen LogP contribution is -2.28. The number of aliphatic hydroxyl groups is 1. The second-order valence-corrected chi connectivity index (χ2v) is 7.77. The van der Waals surface area contributed by atoms with Gasteiger partial charge in [0, 0.05) is 18.3 Å². The van der Waals surface area contributed by atoms with E-state index in [2.05, 4.69) is 27.5 Å². The number of hydrogen-bond acceptors (Lipinski definition) is 6. The number of nitrogens with one attached hydrogen (secondary N) is 4. The number of aromatic nitrogens is 2. The Bertz CT molecular complexity index is 898. The summed E-state index contributed by atoms with van der Waals surface area (Å²) in [5.74, 6) is -0.225. The van der Waals surface area contributed by atoms with Gasteiger partial charge in [-0.3, -0.25) is 4.57 Å². The number of imidazole rings is 1. The second kappa shape index (κ2) is 9.25. The van der Waals surface area contributed by atoms with Crippen molar-refractivity contribution in [3.05, 3.63) is 47.9 Å². The summed E-state index contributed by atoms with van der Waals surface area (Å²) in [5.41, 5.74) is 0.00822. The molecule has 0 amide bonds. The molecule has 0 radical (unpaired) electrons. The van der Waals surface area contributed by atoms with Crippen molar-refractivity contribution in [1.82, 2.24) is 14.9 Å². The van der Waals surface area contributed by atoms with E-state index in [0.717, 1.165) is 6.21 Å². The lowest BCUT2D eigenvalue weighted by molar-refractivity contribution is 0.111. The highest BCUT2D eigenvalue weighted by atomic mass is 19.1. The maximum absolute atomic E-state index is 14.2. The van der Waals surface area contributed by atoms with Gasteiger partial charge >= 0.3 is 0 Å². The van der Waals surface area contributed by atoms with E-state index >= 15 is 0 Å². The average molecular weight is 418 g/mol. The van der Waals surface area contributed by atoms with E-state index < -0.39 is 11.6 Å². The topological polar surface area (TPSA) is 98.0 Å². The molecule has 1 fully saturated rings. The van der Waals surface area contributed by atoms with Crippen LogP contribution in [0.15, 0.2) is 30.6 Å². The van der Waals surface area contributed by atoms with E-state index in [1.54, 1.807) is 0 Å². The quantitative estimate of drug-likeness (QED) is 0.413. The molecule has 0 bridgehead atoms. The van der Waals surface area contributed by atoms with Gasteiger partial charge in [-0.15, -0.1) is 0 Å². The molecule has 0 saturated heterocycles. The van der Waals surface area contributed by atoms with Crippen molar-refractivity contribution < 1.29 is 13.9 Å². The molecule has 5 N–H and O–H groups in total. The molecule has 0 spiro atoms. The number of aliphatic hydroxyl groups excluding tert-OH is 1. The standard InChI is InChI=1S/C21H28F2N6O/c1-12(2)25-13(3)26-20-18(11-24)27-21(28-19-16(22)5-4-6-17(19)23)29(20)14-7-9-15(30)10-8-14/h4-6,11-12,14-15,24-26,30H,3,7-10H2,1-2H3,(H,27,28). The van der Waals surface area contributed by atoms with Crippen LogP contribution in [0.2, 0.25) is 0 Å².